The molecule has 1 spiro atoms. The van der Waals surface area contributed by atoms with E-state index >= 15 is 0 Å². The van der Waals surface area contributed by atoms with Crippen molar-refractivity contribution in [1.82, 2.24) is 24.3 Å². The SMILES string of the molecule is CC(C)n1cnc2cc(-c3ccc4c(c3)N([C@H]3C[C@@H](N5CCCCC5)C3)C(=O)C43CCN(C4COC4)CC3)nc(Cl)c21. The molecule has 3 saturated heterocycles. The number of hydrogen-bond donors (Lipinski definition) is 0. The minimum atomic E-state index is -0.434. The third-order valence-electron chi connectivity index (χ3n) is 10.9. The lowest BCUT2D eigenvalue weighted by Crippen LogP contribution is -2.59. The first-order chi connectivity index (χ1) is 20.4. The van der Waals surface area contributed by atoms with Crippen LogP contribution in [0.2, 0.25) is 5.15 Å². The minimum absolute atomic E-state index is 0.246. The summed E-state index contributed by atoms with van der Waals surface area (Å²) in [5.41, 5.74) is 5.37. The number of halogens is 1. The van der Waals surface area contributed by atoms with Crippen molar-refractivity contribution in [3.8, 4) is 11.3 Å². The molecule has 0 atom stereocenters. The number of ether oxygens (including phenoxy) is 1. The Morgan fingerprint density at radius 1 is 0.952 bits per heavy atom. The van der Waals surface area contributed by atoms with Crippen LogP contribution in [0.15, 0.2) is 30.6 Å². The van der Waals surface area contributed by atoms with Gasteiger partial charge in [0, 0.05) is 29.4 Å². The summed E-state index contributed by atoms with van der Waals surface area (Å²) in [6.45, 7) is 10.2. The number of rotatable bonds is 5. The molecule has 1 amide bonds. The van der Waals surface area contributed by atoms with Crippen LogP contribution in [0.25, 0.3) is 22.3 Å². The van der Waals surface area contributed by atoms with E-state index < -0.39 is 5.41 Å². The molecule has 0 bridgehead atoms. The molecule has 8 rings (SSSR count). The van der Waals surface area contributed by atoms with Gasteiger partial charge in [0.15, 0.2) is 5.15 Å². The van der Waals surface area contributed by atoms with Crippen molar-refractivity contribution in [2.24, 2.45) is 0 Å². The summed E-state index contributed by atoms with van der Waals surface area (Å²) in [6.07, 6.45) is 9.68. The molecule has 3 aromatic rings. The molecule has 1 aliphatic carbocycles. The van der Waals surface area contributed by atoms with Crippen molar-refractivity contribution in [3.05, 3.63) is 41.3 Å². The van der Waals surface area contributed by atoms with E-state index in [4.69, 9.17) is 21.3 Å². The summed E-state index contributed by atoms with van der Waals surface area (Å²) in [5, 5.41) is 0.467. The predicted molar refractivity (Wildman–Crippen MR) is 165 cm³/mol. The number of carbonyl (C=O) groups is 1. The van der Waals surface area contributed by atoms with Gasteiger partial charge < -0.3 is 19.1 Å². The van der Waals surface area contributed by atoms with Gasteiger partial charge in [-0.2, -0.15) is 0 Å². The first-order valence-corrected chi connectivity index (χ1v) is 16.4. The van der Waals surface area contributed by atoms with E-state index in [1.54, 1.807) is 0 Å². The van der Waals surface area contributed by atoms with Crippen LogP contribution in [0, 0.1) is 0 Å². The van der Waals surface area contributed by atoms with Crippen LogP contribution in [0.4, 0.5) is 5.69 Å². The highest BCUT2D eigenvalue weighted by Crippen LogP contribution is 2.52. The number of pyridine rings is 1. The van der Waals surface area contributed by atoms with Crippen LogP contribution in [0.1, 0.15) is 70.4 Å². The lowest BCUT2D eigenvalue weighted by atomic mass is 9.73. The van der Waals surface area contributed by atoms with Crippen molar-refractivity contribution in [1.29, 1.82) is 0 Å². The highest BCUT2D eigenvalue weighted by atomic mass is 35.5. The van der Waals surface area contributed by atoms with Crippen LogP contribution >= 0.6 is 11.6 Å². The minimum Gasteiger partial charge on any atom is -0.378 e. The molecule has 4 fully saturated rings. The number of aromatic nitrogens is 3. The molecule has 1 saturated carbocycles. The first-order valence-electron chi connectivity index (χ1n) is 16.0. The van der Waals surface area contributed by atoms with E-state index in [0.29, 0.717) is 23.1 Å². The summed E-state index contributed by atoms with van der Waals surface area (Å²) in [6, 6.07) is 10.2. The van der Waals surface area contributed by atoms with Gasteiger partial charge in [-0.05, 0) is 96.2 Å². The van der Waals surface area contributed by atoms with Gasteiger partial charge in [0.1, 0.15) is 5.52 Å². The number of nitrogens with zero attached hydrogens (tertiary/aromatic N) is 6. The van der Waals surface area contributed by atoms with Crippen LogP contribution in [0.3, 0.4) is 0 Å². The van der Waals surface area contributed by atoms with Gasteiger partial charge in [0.05, 0.1) is 42.2 Å². The molecule has 1 aromatic carbocycles. The Morgan fingerprint density at radius 3 is 2.38 bits per heavy atom. The van der Waals surface area contributed by atoms with E-state index in [0.717, 1.165) is 80.0 Å². The maximum atomic E-state index is 14.6. The monoisotopic (exact) mass is 588 g/mol. The molecule has 4 aliphatic heterocycles. The van der Waals surface area contributed by atoms with Gasteiger partial charge >= 0.3 is 0 Å². The summed E-state index contributed by atoms with van der Waals surface area (Å²) < 4.78 is 7.54. The zero-order chi connectivity index (χ0) is 28.6. The van der Waals surface area contributed by atoms with E-state index in [9.17, 15) is 4.79 Å². The van der Waals surface area contributed by atoms with E-state index in [1.165, 1.54) is 37.9 Å². The predicted octanol–water partition coefficient (Wildman–Crippen LogP) is 5.43. The molecule has 6 heterocycles. The topological polar surface area (TPSA) is 66.7 Å². The van der Waals surface area contributed by atoms with Crippen LogP contribution in [0.5, 0.6) is 0 Å². The Bertz CT molecular complexity index is 1510. The summed E-state index contributed by atoms with van der Waals surface area (Å²) in [7, 11) is 0. The summed E-state index contributed by atoms with van der Waals surface area (Å²) in [5.74, 6) is 0.318. The highest BCUT2D eigenvalue weighted by molar-refractivity contribution is 6.34. The molecule has 42 heavy (non-hydrogen) atoms. The number of fused-ring (bicyclic) bond motifs is 3. The number of benzene rings is 1. The van der Waals surface area contributed by atoms with Gasteiger partial charge in [-0.15, -0.1) is 0 Å². The van der Waals surface area contributed by atoms with Crippen molar-refractivity contribution in [2.45, 2.75) is 88.4 Å². The number of carbonyl (C=O) groups excluding carboxylic acids is 1. The second-order valence-corrected chi connectivity index (χ2v) is 13.9. The van der Waals surface area contributed by atoms with Crippen LogP contribution in [-0.2, 0) is 14.9 Å². The lowest BCUT2D eigenvalue weighted by Gasteiger charge is -2.48. The van der Waals surface area contributed by atoms with E-state index in [1.807, 2.05) is 12.4 Å². The lowest BCUT2D eigenvalue weighted by molar-refractivity contribution is -0.128. The van der Waals surface area contributed by atoms with Crippen molar-refractivity contribution >= 4 is 34.2 Å². The fourth-order valence-electron chi connectivity index (χ4n) is 8.21. The average molecular weight is 589 g/mol. The molecule has 0 N–H and O–H groups in total. The Morgan fingerprint density at radius 2 is 1.69 bits per heavy atom. The molecular weight excluding hydrogens is 548 g/mol. The smallest absolute Gasteiger partial charge is 0.238 e. The van der Waals surface area contributed by atoms with Crippen molar-refractivity contribution in [2.75, 3.05) is 44.3 Å². The highest BCUT2D eigenvalue weighted by Gasteiger charge is 2.56. The van der Waals surface area contributed by atoms with Gasteiger partial charge in [0.25, 0.3) is 0 Å². The molecule has 8 nitrogen and oxygen atoms in total. The molecule has 9 heteroatoms. The molecular formula is C33H41ClN6O2. The summed E-state index contributed by atoms with van der Waals surface area (Å²) in [4.78, 5) is 31.5. The fraction of sp³-hybridized carbons (Fsp3) is 0.606. The Labute approximate surface area is 253 Å². The fourth-order valence-corrected chi connectivity index (χ4v) is 8.49. The normalized spacial score (nSPS) is 26.7. The second kappa shape index (κ2) is 10.3. The van der Waals surface area contributed by atoms with E-state index in [-0.39, 0.29) is 12.1 Å². The molecule has 5 aliphatic rings. The van der Waals surface area contributed by atoms with Crippen molar-refractivity contribution in [3.63, 3.8) is 0 Å². The van der Waals surface area contributed by atoms with Gasteiger partial charge in [-0.25, -0.2) is 9.97 Å². The number of amides is 1. The number of hydrogen-bond acceptors (Lipinski definition) is 6. The third-order valence-corrected chi connectivity index (χ3v) is 11.2. The Kier molecular flexibility index (Phi) is 6.63. The first kappa shape index (κ1) is 27.1. The molecule has 0 unspecified atom stereocenters. The largest absolute Gasteiger partial charge is 0.378 e. The molecule has 222 valence electrons. The number of likely N-dealkylation sites (tertiary alicyclic amines) is 2. The van der Waals surface area contributed by atoms with Crippen LogP contribution < -0.4 is 4.90 Å². The Hall–Kier alpha value is -2.52. The summed E-state index contributed by atoms with van der Waals surface area (Å²) >= 11 is 6.76. The molecule has 2 aromatic heterocycles. The maximum absolute atomic E-state index is 14.6. The van der Waals surface area contributed by atoms with E-state index in [2.05, 4.69) is 56.3 Å². The number of anilines is 1. The Balaban J connectivity index is 1.14. The van der Waals surface area contributed by atoms with Gasteiger partial charge in [-0.3, -0.25) is 9.69 Å². The number of imidazole rings is 1. The standard InChI is InChI=1S/C33H41ClN6O2/c1-21(2)39-20-35-28-17-27(36-31(34)30(28)39)22-6-7-26-29(14-22)40(24-15-23(16-24)37-10-4-3-5-11-37)32(41)33(26)8-12-38(13-9-33)25-18-42-19-25/h6-7,14,17,20-21,23-25H,3-5,8-13,15-16,18-19H2,1-2H3/t23-,24+. The second-order valence-electron chi connectivity index (χ2n) is 13.5. The van der Waals surface area contributed by atoms with Gasteiger partial charge in [-0.1, -0.05) is 30.2 Å². The van der Waals surface area contributed by atoms with Crippen LogP contribution in [-0.4, -0.2) is 87.8 Å². The van der Waals surface area contributed by atoms with Crippen molar-refractivity contribution < 1.29 is 9.53 Å². The maximum Gasteiger partial charge on any atom is 0.238 e. The molecule has 0 radical (unpaired) electrons. The quantitative estimate of drug-likeness (QED) is 0.370. The third kappa shape index (κ3) is 4.16. The number of piperidine rings is 2. The average Bonchev–Trinajstić information content (AvgIpc) is 3.48. The zero-order valence-electron chi connectivity index (χ0n) is 24.8. The zero-order valence-corrected chi connectivity index (χ0v) is 25.5. The van der Waals surface area contributed by atoms with Gasteiger partial charge in [0.2, 0.25) is 5.91 Å².